The summed E-state index contributed by atoms with van der Waals surface area (Å²) in [5.41, 5.74) is 1.03. The number of carbonyl (C=O) groups is 1. The van der Waals surface area contributed by atoms with E-state index in [0.717, 1.165) is 0 Å². The molecule has 1 aliphatic heterocycles. The average Bonchev–Trinajstić information content (AvgIpc) is 2.41. The molecule has 1 N–H and O–H groups in total. The number of amides is 1. The molecule has 1 aliphatic rings. The maximum Gasteiger partial charge on any atom is 0.253 e. The number of rotatable bonds is 1. The topological polar surface area (TPSA) is 52.9 Å². The molecular formula is C12H12BrFN2O2. The SMILES string of the molecule is O=C(c1ccc(Br)c(F)c1)N1CCC(=NO)CC1. The van der Waals surface area contributed by atoms with E-state index in [1.54, 1.807) is 11.0 Å². The number of benzene rings is 1. The summed E-state index contributed by atoms with van der Waals surface area (Å²) in [6.07, 6.45) is 1.11. The van der Waals surface area contributed by atoms with Gasteiger partial charge in [-0.25, -0.2) is 4.39 Å². The van der Waals surface area contributed by atoms with Gasteiger partial charge in [0.25, 0.3) is 5.91 Å². The van der Waals surface area contributed by atoms with Crippen LogP contribution in [0.25, 0.3) is 0 Å². The third kappa shape index (κ3) is 2.69. The molecule has 1 fully saturated rings. The van der Waals surface area contributed by atoms with Gasteiger partial charge in [0.15, 0.2) is 0 Å². The summed E-state index contributed by atoms with van der Waals surface area (Å²) in [5, 5.41) is 11.8. The fourth-order valence-corrected chi connectivity index (χ4v) is 2.13. The lowest BCUT2D eigenvalue weighted by atomic mass is 10.1. The Morgan fingerprint density at radius 1 is 1.39 bits per heavy atom. The summed E-state index contributed by atoms with van der Waals surface area (Å²) >= 11 is 3.05. The fourth-order valence-electron chi connectivity index (χ4n) is 1.88. The molecule has 96 valence electrons. The first-order chi connectivity index (χ1) is 8.61. The van der Waals surface area contributed by atoms with E-state index in [9.17, 15) is 9.18 Å². The van der Waals surface area contributed by atoms with Crippen molar-refractivity contribution in [3.05, 3.63) is 34.1 Å². The third-order valence-corrected chi connectivity index (χ3v) is 3.58. The zero-order valence-electron chi connectivity index (χ0n) is 9.57. The average molecular weight is 315 g/mol. The van der Waals surface area contributed by atoms with Gasteiger partial charge in [-0.3, -0.25) is 4.79 Å². The maximum atomic E-state index is 13.4. The Bertz CT molecular complexity index is 495. The first-order valence-corrected chi connectivity index (χ1v) is 6.35. The van der Waals surface area contributed by atoms with Gasteiger partial charge in [0.2, 0.25) is 0 Å². The Hall–Kier alpha value is -1.43. The molecule has 0 atom stereocenters. The second-order valence-electron chi connectivity index (χ2n) is 4.09. The predicted octanol–water partition coefficient (Wildman–Crippen LogP) is 2.65. The second kappa shape index (κ2) is 5.48. The molecule has 0 unspecified atom stereocenters. The zero-order chi connectivity index (χ0) is 13.1. The normalized spacial score (nSPS) is 15.7. The summed E-state index contributed by atoms with van der Waals surface area (Å²) in [4.78, 5) is 13.7. The minimum Gasteiger partial charge on any atom is -0.411 e. The molecule has 0 bridgehead atoms. The van der Waals surface area contributed by atoms with Crippen LogP contribution in [0.4, 0.5) is 4.39 Å². The molecule has 1 saturated heterocycles. The van der Waals surface area contributed by atoms with E-state index < -0.39 is 5.82 Å². The van der Waals surface area contributed by atoms with E-state index >= 15 is 0 Å². The van der Waals surface area contributed by atoms with Gasteiger partial charge < -0.3 is 10.1 Å². The molecule has 1 amide bonds. The Kier molecular flexibility index (Phi) is 3.96. The molecule has 0 aliphatic carbocycles. The van der Waals surface area contributed by atoms with E-state index in [2.05, 4.69) is 21.1 Å². The highest BCUT2D eigenvalue weighted by molar-refractivity contribution is 9.10. The number of carbonyl (C=O) groups excluding carboxylic acids is 1. The van der Waals surface area contributed by atoms with Crippen molar-refractivity contribution in [1.82, 2.24) is 4.90 Å². The van der Waals surface area contributed by atoms with Gasteiger partial charge in [0, 0.05) is 31.5 Å². The fraction of sp³-hybridized carbons (Fsp3) is 0.333. The van der Waals surface area contributed by atoms with Crippen LogP contribution < -0.4 is 0 Å². The van der Waals surface area contributed by atoms with Crippen molar-refractivity contribution in [1.29, 1.82) is 0 Å². The largest absolute Gasteiger partial charge is 0.411 e. The lowest BCUT2D eigenvalue weighted by molar-refractivity contribution is 0.0753. The molecule has 6 heteroatoms. The van der Waals surface area contributed by atoms with Crippen molar-refractivity contribution < 1.29 is 14.4 Å². The second-order valence-corrected chi connectivity index (χ2v) is 4.94. The van der Waals surface area contributed by atoms with Crippen LogP contribution in [0.2, 0.25) is 0 Å². The van der Waals surface area contributed by atoms with E-state index in [1.165, 1.54) is 12.1 Å². The summed E-state index contributed by atoms with van der Waals surface area (Å²) in [6.45, 7) is 0.992. The van der Waals surface area contributed by atoms with Crippen LogP contribution in [0, 0.1) is 5.82 Å². The highest BCUT2D eigenvalue weighted by Gasteiger charge is 2.21. The number of oxime groups is 1. The Labute approximate surface area is 112 Å². The molecule has 1 heterocycles. The smallest absolute Gasteiger partial charge is 0.253 e. The Morgan fingerprint density at radius 3 is 2.61 bits per heavy atom. The molecule has 18 heavy (non-hydrogen) atoms. The Morgan fingerprint density at radius 2 is 2.06 bits per heavy atom. The summed E-state index contributed by atoms with van der Waals surface area (Å²) in [7, 11) is 0. The molecule has 0 saturated carbocycles. The molecule has 0 aromatic heterocycles. The molecule has 2 rings (SSSR count). The first-order valence-electron chi connectivity index (χ1n) is 5.56. The number of hydrogen-bond donors (Lipinski definition) is 1. The van der Waals surface area contributed by atoms with Crippen molar-refractivity contribution in [2.75, 3.05) is 13.1 Å². The van der Waals surface area contributed by atoms with Crippen LogP contribution >= 0.6 is 15.9 Å². The first kappa shape index (κ1) is 13.0. The van der Waals surface area contributed by atoms with Crippen LogP contribution in [0.5, 0.6) is 0 Å². The van der Waals surface area contributed by atoms with Crippen LogP contribution in [-0.2, 0) is 0 Å². The number of piperidine rings is 1. The molecule has 0 spiro atoms. The van der Waals surface area contributed by atoms with E-state index in [4.69, 9.17) is 5.21 Å². The van der Waals surface area contributed by atoms with Crippen molar-refractivity contribution in [3.8, 4) is 0 Å². The maximum absolute atomic E-state index is 13.4. The van der Waals surface area contributed by atoms with E-state index in [1.807, 2.05) is 0 Å². The number of hydrogen-bond acceptors (Lipinski definition) is 3. The van der Waals surface area contributed by atoms with Gasteiger partial charge in [0.05, 0.1) is 10.2 Å². The van der Waals surface area contributed by atoms with Gasteiger partial charge in [0.1, 0.15) is 5.82 Å². The number of likely N-dealkylation sites (tertiary alicyclic amines) is 1. The predicted molar refractivity (Wildman–Crippen MR) is 68.5 cm³/mol. The number of halogens is 2. The van der Waals surface area contributed by atoms with Crippen LogP contribution in [0.1, 0.15) is 23.2 Å². The van der Waals surface area contributed by atoms with E-state index in [-0.39, 0.29) is 5.91 Å². The van der Waals surface area contributed by atoms with Crippen molar-refractivity contribution in [2.45, 2.75) is 12.8 Å². The highest BCUT2D eigenvalue weighted by atomic mass is 79.9. The molecular weight excluding hydrogens is 303 g/mol. The Balaban J connectivity index is 2.10. The van der Waals surface area contributed by atoms with Crippen LogP contribution in [0.3, 0.4) is 0 Å². The van der Waals surface area contributed by atoms with Crippen LogP contribution in [-0.4, -0.2) is 34.8 Å². The standard InChI is InChI=1S/C12H12BrFN2O2/c13-10-2-1-8(7-11(10)14)12(17)16-5-3-9(15-18)4-6-16/h1-2,7,18H,3-6H2. The van der Waals surface area contributed by atoms with Crippen molar-refractivity contribution in [3.63, 3.8) is 0 Å². The van der Waals surface area contributed by atoms with Crippen molar-refractivity contribution >= 4 is 27.5 Å². The quantitative estimate of drug-likeness (QED) is 0.640. The van der Waals surface area contributed by atoms with Crippen LogP contribution in [0.15, 0.2) is 27.8 Å². The van der Waals surface area contributed by atoms with Crippen molar-refractivity contribution in [2.24, 2.45) is 5.16 Å². The van der Waals surface area contributed by atoms with E-state index in [0.29, 0.717) is 41.7 Å². The lowest BCUT2D eigenvalue weighted by Gasteiger charge is -2.27. The minimum atomic E-state index is -0.449. The molecule has 1 aromatic carbocycles. The van der Waals surface area contributed by atoms with Gasteiger partial charge in [-0.15, -0.1) is 0 Å². The van der Waals surface area contributed by atoms with Gasteiger partial charge >= 0.3 is 0 Å². The summed E-state index contributed by atoms with van der Waals surface area (Å²) < 4.78 is 13.7. The molecule has 4 nitrogen and oxygen atoms in total. The monoisotopic (exact) mass is 314 g/mol. The zero-order valence-corrected chi connectivity index (χ0v) is 11.2. The minimum absolute atomic E-state index is 0.196. The molecule has 0 radical (unpaired) electrons. The van der Waals surface area contributed by atoms with Gasteiger partial charge in [-0.2, -0.15) is 0 Å². The summed E-state index contributed by atoms with van der Waals surface area (Å²) in [6, 6.07) is 4.33. The van der Waals surface area contributed by atoms with Gasteiger partial charge in [-0.05, 0) is 34.1 Å². The van der Waals surface area contributed by atoms with Gasteiger partial charge in [-0.1, -0.05) is 5.16 Å². The lowest BCUT2D eigenvalue weighted by Crippen LogP contribution is -2.38. The third-order valence-electron chi connectivity index (χ3n) is 2.94. The highest BCUT2D eigenvalue weighted by Crippen LogP contribution is 2.18. The molecule has 1 aromatic rings. The number of nitrogens with zero attached hydrogens (tertiary/aromatic N) is 2. The summed E-state index contributed by atoms with van der Waals surface area (Å²) in [5.74, 6) is -0.645.